The predicted octanol–water partition coefficient (Wildman–Crippen LogP) is 3.93. The molecular weight excluding hydrogens is 338 g/mol. The first kappa shape index (κ1) is 16.9. The second-order valence-corrected chi connectivity index (χ2v) is 6.28. The zero-order valence-corrected chi connectivity index (χ0v) is 14.4. The van der Waals surface area contributed by atoms with Gasteiger partial charge in [-0.05, 0) is 24.3 Å². The third-order valence-corrected chi connectivity index (χ3v) is 4.19. The molecule has 2 amide bonds. The molecule has 2 aromatic heterocycles. The zero-order valence-electron chi connectivity index (χ0n) is 13.6. The minimum absolute atomic E-state index is 0.0988. The van der Waals surface area contributed by atoms with Gasteiger partial charge in [-0.2, -0.15) is 0 Å². The highest BCUT2D eigenvalue weighted by Gasteiger charge is 2.09. The molecule has 1 aromatic carbocycles. The van der Waals surface area contributed by atoms with Gasteiger partial charge in [-0.25, -0.2) is 4.98 Å². The van der Waals surface area contributed by atoms with Crippen LogP contribution in [0.2, 0.25) is 0 Å². The van der Waals surface area contributed by atoms with Gasteiger partial charge in [0.25, 0.3) is 0 Å². The van der Waals surface area contributed by atoms with Crippen LogP contribution in [0.1, 0.15) is 19.1 Å². The van der Waals surface area contributed by atoms with E-state index in [0.717, 1.165) is 22.7 Å². The Kier molecular flexibility index (Phi) is 5.25. The molecule has 0 aliphatic rings. The van der Waals surface area contributed by atoms with Crippen LogP contribution >= 0.6 is 11.3 Å². The summed E-state index contributed by atoms with van der Waals surface area (Å²) in [6, 6.07) is 11.0. The third kappa shape index (κ3) is 4.77. The minimum atomic E-state index is -0.110. The molecule has 2 N–H and O–H groups in total. The molecule has 2 heterocycles. The van der Waals surface area contributed by atoms with Crippen molar-refractivity contribution in [2.75, 3.05) is 10.6 Å². The summed E-state index contributed by atoms with van der Waals surface area (Å²) in [7, 11) is 0. The summed E-state index contributed by atoms with van der Waals surface area (Å²) < 4.78 is 5.21. The monoisotopic (exact) mass is 355 g/mol. The van der Waals surface area contributed by atoms with E-state index in [2.05, 4.69) is 15.6 Å². The first-order valence-electron chi connectivity index (χ1n) is 7.76. The molecular formula is C18H17N3O3S. The van der Waals surface area contributed by atoms with Crippen molar-refractivity contribution in [3.8, 4) is 11.3 Å². The maximum absolute atomic E-state index is 12.0. The zero-order chi connectivity index (χ0) is 17.6. The summed E-state index contributed by atoms with van der Waals surface area (Å²) in [5.74, 6) is 0.577. The Labute approximate surface area is 148 Å². The highest BCUT2D eigenvalue weighted by Crippen LogP contribution is 2.26. The number of furan rings is 1. The number of amides is 2. The standard InChI is InChI=1S/C18H17N3O3S/c1-12(22)19-14-6-4-13(5-7-14)16-11-25-18(20-16)21-17(23)9-8-15-3-2-10-24-15/h2-7,10-11H,8-9H2,1H3,(H,19,22)(H,20,21,23). The Bertz CT molecular complexity index is 854. The van der Waals surface area contributed by atoms with Crippen LogP contribution in [0.4, 0.5) is 10.8 Å². The molecule has 0 aliphatic heterocycles. The van der Waals surface area contributed by atoms with E-state index in [4.69, 9.17) is 4.42 Å². The lowest BCUT2D eigenvalue weighted by Crippen LogP contribution is -2.11. The predicted molar refractivity (Wildman–Crippen MR) is 97.5 cm³/mol. The Morgan fingerprint density at radius 3 is 2.64 bits per heavy atom. The van der Waals surface area contributed by atoms with Gasteiger partial charge in [0.05, 0.1) is 12.0 Å². The summed E-state index contributed by atoms with van der Waals surface area (Å²) in [5.41, 5.74) is 2.43. The van der Waals surface area contributed by atoms with E-state index in [1.165, 1.54) is 18.3 Å². The molecule has 25 heavy (non-hydrogen) atoms. The van der Waals surface area contributed by atoms with Crippen molar-refractivity contribution in [1.29, 1.82) is 0 Å². The second kappa shape index (κ2) is 7.76. The summed E-state index contributed by atoms with van der Waals surface area (Å²) in [6.07, 6.45) is 2.49. The molecule has 0 fully saturated rings. The average molecular weight is 355 g/mol. The summed E-state index contributed by atoms with van der Waals surface area (Å²) >= 11 is 1.37. The van der Waals surface area contributed by atoms with E-state index in [1.54, 1.807) is 12.3 Å². The first-order valence-corrected chi connectivity index (χ1v) is 8.64. The van der Waals surface area contributed by atoms with Crippen LogP contribution < -0.4 is 10.6 Å². The number of aromatic nitrogens is 1. The number of hydrogen-bond acceptors (Lipinski definition) is 5. The van der Waals surface area contributed by atoms with Crippen molar-refractivity contribution in [3.63, 3.8) is 0 Å². The van der Waals surface area contributed by atoms with Gasteiger partial charge in [0, 0.05) is 36.4 Å². The van der Waals surface area contributed by atoms with Crippen molar-refractivity contribution in [2.24, 2.45) is 0 Å². The molecule has 6 nitrogen and oxygen atoms in total. The summed E-state index contributed by atoms with van der Waals surface area (Å²) in [5, 5.41) is 7.97. The van der Waals surface area contributed by atoms with E-state index in [-0.39, 0.29) is 11.8 Å². The molecule has 7 heteroatoms. The van der Waals surface area contributed by atoms with Crippen LogP contribution in [0.5, 0.6) is 0 Å². The summed E-state index contributed by atoms with van der Waals surface area (Å²) in [6.45, 7) is 1.47. The second-order valence-electron chi connectivity index (χ2n) is 5.42. The Morgan fingerprint density at radius 1 is 1.16 bits per heavy atom. The molecule has 0 aliphatic carbocycles. The smallest absolute Gasteiger partial charge is 0.226 e. The average Bonchev–Trinajstić information content (AvgIpc) is 3.25. The lowest BCUT2D eigenvalue weighted by atomic mass is 10.1. The number of aryl methyl sites for hydroxylation is 1. The summed E-state index contributed by atoms with van der Waals surface area (Å²) in [4.78, 5) is 27.4. The number of nitrogens with one attached hydrogen (secondary N) is 2. The SMILES string of the molecule is CC(=O)Nc1ccc(-c2csc(NC(=O)CCc3ccco3)n2)cc1. The van der Waals surface area contributed by atoms with Gasteiger partial charge in [0.15, 0.2) is 5.13 Å². The largest absolute Gasteiger partial charge is 0.469 e. The molecule has 0 radical (unpaired) electrons. The van der Waals surface area contributed by atoms with Gasteiger partial charge in [-0.3, -0.25) is 9.59 Å². The van der Waals surface area contributed by atoms with Crippen LogP contribution in [0.15, 0.2) is 52.5 Å². The van der Waals surface area contributed by atoms with Crippen molar-refractivity contribution in [1.82, 2.24) is 4.98 Å². The normalized spacial score (nSPS) is 10.4. The molecule has 3 aromatic rings. The highest BCUT2D eigenvalue weighted by atomic mass is 32.1. The molecule has 3 rings (SSSR count). The maximum atomic E-state index is 12.0. The third-order valence-electron chi connectivity index (χ3n) is 3.43. The fraction of sp³-hybridized carbons (Fsp3) is 0.167. The number of benzene rings is 1. The Balaban J connectivity index is 1.58. The van der Waals surface area contributed by atoms with Gasteiger partial charge in [-0.15, -0.1) is 11.3 Å². The molecule has 0 unspecified atom stereocenters. The van der Waals surface area contributed by atoms with Crippen LogP contribution in [0.3, 0.4) is 0 Å². The van der Waals surface area contributed by atoms with Crippen LogP contribution in [0, 0.1) is 0 Å². The number of hydrogen-bond donors (Lipinski definition) is 2. The number of nitrogens with zero attached hydrogens (tertiary/aromatic N) is 1. The minimum Gasteiger partial charge on any atom is -0.469 e. The van der Waals surface area contributed by atoms with Crippen molar-refractivity contribution in [3.05, 3.63) is 53.8 Å². The Morgan fingerprint density at radius 2 is 1.96 bits per heavy atom. The number of carbonyl (C=O) groups excluding carboxylic acids is 2. The van der Waals surface area contributed by atoms with Crippen molar-refractivity contribution in [2.45, 2.75) is 19.8 Å². The lowest BCUT2D eigenvalue weighted by molar-refractivity contribution is -0.116. The van der Waals surface area contributed by atoms with Crippen molar-refractivity contribution >= 4 is 34.0 Å². The van der Waals surface area contributed by atoms with Crippen LogP contribution in [-0.4, -0.2) is 16.8 Å². The van der Waals surface area contributed by atoms with E-state index in [9.17, 15) is 9.59 Å². The Hall–Kier alpha value is -2.93. The number of rotatable bonds is 6. The quantitative estimate of drug-likeness (QED) is 0.701. The molecule has 0 saturated heterocycles. The van der Waals surface area contributed by atoms with Gasteiger partial charge >= 0.3 is 0 Å². The van der Waals surface area contributed by atoms with E-state index in [1.807, 2.05) is 35.7 Å². The van der Waals surface area contributed by atoms with Gasteiger partial charge < -0.3 is 15.1 Å². The van der Waals surface area contributed by atoms with E-state index in [0.29, 0.717) is 18.0 Å². The molecule has 0 saturated carbocycles. The fourth-order valence-electron chi connectivity index (χ4n) is 2.26. The fourth-order valence-corrected chi connectivity index (χ4v) is 3.00. The topological polar surface area (TPSA) is 84.2 Å². The first-order chi connectivity index (χ1) is 12.1. The maximum Gasteiger partial charge on any atom is 0.226 e. The number of anilines is 2. The molecule has 128 valence electrons. The lowest BCUT2D eigenvalue weighted by Gasteiger charge is -2.03. The number of carbonyl (C=O) groups is 2. The molecule has 0 spiro atoms. The molecule has 0 atom stereocenters. The van der Waals surface area contributed by atoms with E-state index < -0.39 is 0 Å². The highest BCUT2D eigenvalue weighted by molar-refractivity contribution is 7.14. The van der Waals surface area contributed by atoms with Gasteiger partial charge in [0.2, 0.25) is 11.8 Å². The van der Waals surface area contributed by atoms with E-state index >= 15 is 0 Å². The van der Waals surface area contributed by atoms with Crippen molar-refractivity contribution < 1.29 is 14.0 Å². The van der Waals surface area contributed by atoms with Crippen LogP contribution in [-0.2, 0) is 16.0 Å². The van der Waals surface area contributed by atoms with Crippen LogP contribution in [0.25, 0.3) is 11.3 Å². The molecule has 0 bridgehead atoms. The number of thiazole rings is 1. The van der Waals surface area contributed by atoms with Gasteiger partial charge in [-0.1, -0.05) is 12.1 Å². The van der Waals surface area contributed by atoms with Gasteiger partial charge in [0.1, 0.15) is 5.76 Å².